The van der Waals surface area contributed by atoms with Crippen LogP contribution in [0.1, 0.15) is 31.4 Å². The molecule has 5 heteroatoms. The Morgan fingerprint density at radius 1 is 1.39 bits per heavy atom. The Kier molecular flexibility index (Phi) is 4.15. The largest absolute Gasteiger partial charge is 0.334 e. The zero-order valence-electron chi connectivity index (χ0n) is 10.2. The number of likely N-dealkylation sites (N-methyl/N-ethyl adjacent to an activating group) is 1. The molecule has 0 saturated carbocycles. The van der Waals surface area contributed by atoms with Crippen LogP contribution in [0.15, 0.2) is 18.2 Å². The van der Waals surface area contributed by atoms with Crippen molar-refractivity contribution in [1.29, 1.82) is 0 Å². The van der Waals surface area contributed by atoms with E-state index in [1.807, 2.05) is 6.92 Å². The van der Waals surface area contributed by atoms with Gasteiger partial charge in [-0.15, -0.1) is 0 Å². The van der Waals surface area contributed by atoms with E-state index in [0.29, 0.717) is 29.4 Å². The summed E-state index contributed by atoms with van der Waals surface area (Å²) in [5.74, 6) is 0.111. The molecule has 1 aliphatic rings. The second-order valence-corrected chi connectivity index (χ2v) is 5.28. The summed E-state index contributed by atoms with van der Waals surface area (Å²) < 4.78 is 0. The molecular formula is C13H16Cl2N2O. The lowest BCUT2D eigenvalue weighted by Crippen LogP contribution is -2.48. The van der Waals surface area contributed by atoms with Crippen molar-refractivity contribution in [3.05, 3.63) is 33.8 Å². The molecule has 1 aromatic rings. The number of hydrogen-bond acceptors (Lipinski definition) is 2. The van der Waals surface area contributed by atoms with Crippen LogP contribution in [0, 0.1) is 0 Å². The molecule has 2 rings (SSSR count). The zero-order chi connectivity index (χ0) is 13.3. The van der Waals surface area contributed by atoms with Gasteiger partial charge in [0.2, 0.25) is 5.91 Å². The fraction of sp³-hybridized carbons (Fsp3) is 0.462. The second kappa shape index (κ2) is 5.47. The highest BCUT2D eigenvalue weighted by Gasteiger charge is 2.36. The van der Waals surface area contributed by atoms with Crippen LogP contribution in [0.4, 0.5) is 0 Å². The van der Waals surface area contributed by atoms with Gasteiger partial charge in [-0.3, -0.25) is 4.79 Å². The van der Waals surface area contributed by atoms with Crippen LogP contribution in [-0.4, -0.2) is 23.4 Å². The number of nitrogens with two attached hydrogens (primary N) is 1. The Balaban J connectivity index is 2.48. The average molecular weight is 287 g/mol. The maximum atomic E-state index is 12.0. The number of halogens is 2. The molecule has 1 saturated heterocycles. The lowest BCUT2D eigenvalue weighted by Gasteiger charge is -2.40. The summed E-state index contributed by atoms with van der Waals surface area (Å²) >= 11 is 12.4. The number of hydrogen-bond donors (Lipinski definition) is 1. The van der Waals surface area contributed by atoms with Crippen LogP contribution in [0.5, 0.6) is 0 Å². The van der Waals surface area contributed by atoms with Crippen molar-refractivity contribution in [2.45, 2.75) is 31.8 Å². The normalized spacial score (nSPS) is 24.4. The van der Waals surface area contributed by atoms with Crippen molar-refractivity contribution in [3.8, 4) is 0 Å². The van der Waals surface area contributed by atoms with E-state index in [2.05, 4.69) is 0 Å². The van der Waals surface area contributed by atoms with Crippen molar-refractivity contribution in [3.63, 3.8) is 0 Å². The Bertz CT molecular complexity index is 444. The number of carbonyl (C=O) groups is 1. The number of rotatable bonds is 2. The molecule has 18 heavy (non-hydrogen) atoms. The van der Waals surface area contributed by atoms with E-state index in [1.165, 1.54) is 0 Å². The predicted octanol–water partition coefficient (Wildman–Crippen LogP) is 3.00. The maximum absolute atomic E-state index is 12.0. The SMILES string of the molecule is CCN1C(=O)CCC(N)C1c1c(Cl)cccc1Cl. The van der Waals surface area contributed by atoms with Crippen molar-refractivity contribution in [2.24, 2.45) is 5.73 Å². The summed E-state index contributed by atoms with van der Waals surface area (Å²) in [5, 5.41) is 1.13. The summed E-state index contributed by atoms with van der Waals surface area (Å²) in [4.78, 5) is 13.7. The fourth-order valence-electron chi connectivity index (χ4n) is 2.51. The van der Waals surface area contributed by atoms with E-state index in [4.69, 9.17) is 28.9 Å². The summed E-state index contributed by atoms with van der Waals surface area (Å²) in [7, 11) is 0. The van der Waals surface area contributed by atoms with Crippen molar-refractivity contribution < 1.29 is 4.79 Å². The molecule has 0 aliphatic carbocycles. The van der Waals surface area contributed by atoms with Crippen LogP contribution in [-0.2, 0) is 4.79 Å². The second-order valence-electron chi connectivity index (χ2n) is 4.46. The molecule has 2 N–H and O–H groups in total. The molecule has 1 fully saturated rings. The van der Waals surface area contributed by atoms with Gasteiger partial charge in [-0.05, 0) is 25.5 Å². The van der Waals surface area contributed by atoms with Crippen molar-refractivity contribution in [2.75, 3.05) is 6.54 Å². The molecule has 98 valence electrons. The topological polar surface area (TPSA) is 46.3 Å². The van der Waals surface area contributed by atoms with Gasteiger partial charge in [-0.2, -0.15) is 0 Å². The summed E-state index contributed by atoms with van der Waals surface area (Å²) in [5.41, 5.74) is 6.93. The average Bonchev–Trinajstić information content (AvgIpc) is 2.33. The Hall–Kier alpha value is -0.770. The van der Waals surface area contributed by atoms with Crippen LogP contribution >= 0.6 is 23.2 Å². The zero-order valence-corrected chi connectivity index (χ0v) is 11.7. The number of nitrogens with zero attached hydrogens (tertiary/aromatic N) is 1. The first-order valence-corrected chi connectivity index (χ1v) is 6.80. The molecule has 1 aliphatic heterocycles. The summed E-state index contributed by atoms with van der Waals surface area (Å²) in [6.07, 6.45) is 1.16. The van der Waals surface area contributed by atoms with Gasteiger partial charge in [0.25, 0.3) is 0 Å². The van der Waals surface area contributed by atoms with E-state index >= 15 is 0 Å². The lowest BCUT2D eigenvalue weighted by atomic mass is 9.90. The minimum absolute atomic E-state index is 0.111. The first-order chi connectivity index (χ1) is 8.56. The smallest absolute Gasteiger partial charge is 0.223 e. The Morgan fingerprint density at radius 2 is 2.00 bits per heavy atom. The number of likely N-dealkylation sites (tertiary alicyclic amines) is 1. The molecule has 0 radical (unpaired) electrons. The number of carbonyl (C=O) groups excluding carboxylic acids is 1. The molecule has 1 aromatic carbocycles. The number of piperidine rings is 1. The summed E-state index contributed by atoms with van der Waals surface area (Å²) in [6.45, 7) is 2.55. The summed E-state index contributed by atoms with van der Waals surface area (Å²) in [6, 6.07) is 5.00. The van der Waals surface area contributed by atoms with Crippen molar-refractivity contribution >= 4 is 29.1 Å². The van der Waals surface area contributed by atoms with E-state index < -0.39 is 0 Å². The highest BCUT2D eigenvalue weighted by atomic mass is 35.5. The van der Waals surface area contributed by atoms with Gasteiger partial charge in [0.1, 0.15) is 0 Å². The monoisotopic (exact) mass is 286 g/mol. The van der Waals surface area contributed by atoms with Crippen LogP contribution in [0.25, 0.3) is 0 Å². The Morgan fingerprint density at radius 3 is 2.56 bits per heavy atom. The molecular weight excluding hydrogens is 271 g/mol. The quantitative estimate of drug-likeness (QED) is 0.908. The van der Waals surface area contributed by atoms with Gasteiger partial charge in [0, 0.05) is 34.6 Å². The minimum Gasteiger partial charge on any atom is -0.334 e. The number of benzene rings is 1. The molecule has 1 heterocycles. The molecule has 3 nitrogen and oxygen atoms in total. The van der Waals surface area contributed by atoms with Crippen LogP contribution in [0.3, 0.4) is 0 Å². The van der Waals surface area contributed by atoms with E-state index in [9.17, 15) is 4.79 Å². The first kappa shape index (κ1) is 13.7. The van der Waals surface area contributed by atoms with E-state index in [1.54, 1.807) is 23.1 Å². The Labute approximate surface area is 117 Å². The molecule has 1 amide bonds. The van der Waals surface area contributed by atoms with Gasteiger partial charge in [0.05, 0.1) is 6.04 Å². The molecule has 0 aromatic heterocycles. The standard InChI is InChI=1S/C13H16Cl2N2O/c1-2-17-11(18)7-6-10(16)13(17)12-8(14)4-3-5-9(12)15/h3-5,10,13H,2,6-7,16H2,1H3. The number of amides is 1. The highest BCUT2D eigenvalue weighted by molar-refractivity contribution is 6.36. The molecule has 0 bridgehead atoms. The van der Waals surface area contributed by atoms with Gasteiger partial charge >= 0.3 is 0 Å². The third-order valence-corrected chi connectivity index (χ3v) is 4.05. The predicted molar refractivity (Wildman–Crippen MR) is 73.8 cm³/mol. The lowest BCUT2D eigenvalue weighted by molar-refractivity contribution is -0.137. The van der Waals surface area contributed by atoms with E-state index in [0.717, 1.165) is 5.56 Å². The van der Waals surface area contributed by atoms with Crippen LogP contribution in [0.2, 0.25) is 10.0 Å². The van der Waals surface area contributed by atoms with Gasteiger partial charge in [-0.1, -0.05) is 29.3 Å². The molecule has 0 spiro atoms. The minimum atomic E-state index is -0.225. The maximum Gasteiger partial charge on any atom is 0.223 e. The van der Waals surface area contributed by atoms with Crippen molar-refractivity contribution in [1.82, 2.24) is 4.90 Å². The third kappa shape index (κ3) is 2.35. The van der Waals surface area contributed by atoms with Gasteiger partial charge in [-0.25, -0.2) is 0 Å². The highest BCUT2D eigenvalue weighted by Crippen LogP contribution is 2.38. The van der Waals surface area contributed by atoms with Crippen LogP contribution < -0.4 is 5.73 Å². The third-order valence-electron chi connectivity index (χ3n) is 3.39. The van der Waals surface area contributed by atoms with E-state index in [-0.39, 0.29) is 18.0 Å². The molecule has 2 atom stereocenters. The fourth-order valence-corrected chi connectivity index (χ4v) is 3.14. The first-order valence-electron chi connectivity index (χ1n) is 6.05. The molecule has 2 unspecified atom stereocenters. The van der Waals surface area contributed by atoms with Gasteiger partial charge in [0.15, 0.2) is 0 Å². The van der Waals surface area contributed by atoms with Gasteiger partial charge < -0.3 is 10.6 Å².